The molecule has 3 aromatic rings. The highest BCUT2D eigenvalue weighted by Gasteiger charge is 2.20. The first-order valence-electron chi connectivity index (χ1n) is 6.15. The second-order valence-electron chi connectivity index (χ2n) is 4.40. The number of nitrogens with zero attached hydrogens (tertiary/aromatic N) is 2. The van der Waals surface area contributed by atoms with Crippen LogP contribution >= 0.6 is 11.3 Å². The van der Waals surface area contributed by atoms with Crippen LogP contribution in [0.5, 0.6) is 0 Å². The molecule has 3 aromatic heterocycles. The van der Waals surface area contributed by atoms with Gasteiger partial charge < -0.3 is 14.0 Å². The van der Waals surface area contributed by atoms with Gasteiger partial charge in [0.15, 0.2) is 0 Å². The summed E-state index contributed by atoms with van der Waals surface area (Å²) in [5, 5.41) is 5.17. The molecule has 7 heteroatoms. The molecule has 1 atom stereocenters. The topological polar surface area (TPSA) is 75.8 Å². The lowest BCUT2D eigenvalue weighted by atomic mass is 10.2. The van der Waals surface area contributed by atoms with Crippen LogP contribution in [0.25, 0.3) is 0 Å². The zero-order chi connectivity index (χ0) is 13.9. The zero-order valence-corrected chi connectivity index (χ0v) is 11.7. The number of H-pyrrole nitrogens is 1. The van der Waals surface area contributed by atoms with E-state index in [4.69, 9.17) is 4.42 Å². The molecule has 3 heterocycles. The number of furan rings is 1. The maximum absolute atomic E-state index is 11.1. The van der Waals surface area contributed by atoms with Crippen LogP contribution in [0, 0.1) is 0 Å². The van der Waals surface area contributed by atoms with E-state index in [0.29, 0.717) is 6.54 Å². The number of hydrogen-bond donors (Lipinski definition) is 2. The highest BCUT2D eigenvalue weighted by molar-refractivity contribution is 7.07. The molecule has 2 N–H and O–H groups in total. The molecule has 0 aliphatic heterocycles. The van der Waals surface area contributed by atoms with Gasteiger partial charge in [0, 0.05) is 37.1 Å². The SMILES string of the molecule is Cn1ccnc1C(NCc1csc(=O)[nH]1)c1ccco1. The van der Waals surface area contributed by atoms with Crippen LogP contribution in [-0.2, 0) is 13.6 Å². The molecule has 0 amide bonds. The van der Waals surface area contributed by atoms with Gasteiger partial charge in [-0.2, -0.15) is 0 Å². The van der Waals surface area contributed by atoms with Crippen LogP contribution < -0.4 is 10.2 Å². The van der Waals surface area contributed by atoms with E-state index in [1.165, 1.54) is 0 Å². The predicted molar refractivity (Wildman–Crippen MR) is 75.5 cm³/mol. The fourth-order valence-electron chi connectivity index (χ4n) is 2.04. The Balaban J connectivity index is 1.83. The Labute approximate surface area is 119 Å². The van der Waals surface area contributed by atoms with E-state index in [0.717, 1.165) is 28.6 Å². The van der Waals surface area contributed by atoms with Crippen molar-refractivity contribution in [2.24, 2.45) is 7.05 Å². The Bertz CT molecular complexity index is 725. The van der Waals surface area contributed by atoms with E-state index in [1.54, 1.807) is 12.5 Å². The quantitative estimate of drug-likeness (QED) is 0.749. The fourth-order valence-corrected chi connectivity index (χ4v) is 2.62. The Morgan fingerprint density at radius 1 is 1.60 bits per heavy atom. The largest absolute Gasteiger partial charge is 0.467 e. The molecule has 6 nitrogen and oxygen atoms in total. The van der Waals surface area contributed by atoms with Gasteiger partial charge >= 0.3 is 4.87 Å². The number of aryl methyl sites for hydroxylation is 1. The van der Waals surface area contributed by atoms with Gasteiger partial charge in [0.25, 0.3) is 0 Å². The Morgan fingerprint density at radius 2 is 2.50 bits per heavy atom. The molecule has 0 saturated heterocycles. The van der Waals surface area contributed by atoms with Gasteiger partial charge in [-0.3, -0.25) is 10.1 Å². The van der Waals surface area contributed by atoms with Crippen molar-refractivity contribution in [2.45, 2.75) is 12.6 Å². The van der Waals surface area contributed by atoms with Crippen molar-refractivity contribution in [1.29, 1.82) is 0 Å². The lowest BCUT2D eigenvalue weighted by molar-refractivity contribution is 0.428. The summed E-state index contributed by atoms with van der Waals surface area (Å²) in [5.74, 6) is 1.65. The number of aromatic amines is 1. The van der Waals surface area contributed by atoms with Gasteiger partial charge in [-0.25, -0.2) is 4.98 Å². The minimum atomic E-state index is -0.159. The van der Waals surface area contributed by atoms with Crippen molar-refractivity contribution in [3.8, 4) is 0 Å². The molecule has 0 radical (unpaired) electrons. The lowest BCUT2D eigenvalue weighted by Gasteiger charge is -2.16. The van der Waals surface area contributed by atoms with Crippen molar-refractivity contribution in [3.63, 3.8) is 0 Å². The summed E-state index contributed by atoms with van der Waals surface area (Å²) in [5.41, 5.74) is 0.853. The molecule has 0 bridgehead atoms. The van der Waals surface area contributed by atoms with Crippen LogP contribution in [0.4, 0.5) is 0 Å². The van der Waals surface area contributed by atoms with Gasteiger partial charge in [0.05, 0.1) is 6.26 Å². The first kappa shape index (κ1) is 12.9. The molecule has 1 unspecified atom stereocenters. The normalized spacial score (nSPS) is 12.7. The van der Waals surface area contributed by atoms with E-state index >= 15 is 0 Å². The summed E-state index contributed by atoms with van der Waals surface area (Å²) in [6, 6.07) is 3.59. The first-order chi connectivity index (χ1) is 9.74. The van der Waals surface area contributed by atoms with Gasteiger partial charge in [-0.1, -0.05) is 11.3 Å². The summed E-state index contributed by atoms with van der Waals surface area (Å²) in [6.45, 7) is 0.539. The molecule has 20 heavy (non-hydrogen) atoms. The molecular formula is C13H14N4O2S. The van der Waals surface area contributed by atoms with E-state index in [-0.39, 0.29) is 10.9 Å². The molecule has 0 saturated carbocycles. The molecule has 0 aliphatic carbocycles. The van der Waals surface area contributed by atoms with Crippen molar-refractivity contribution < 1.29 is 4.42 Å². The van der Waals surface area contributed by atoms with Gasteiger partial charge in [-0.05, 0) is 12.1 Å². The van der Waals surface area contributed by atoms with Crippen LogP contribution in [0.2, 0.25) is 0 Å². The average Bonchev–Trinajstić information content (AvgIpc) is 3.14. The van der Waals surface area contributed by atoms with Gasteiger partial charge in [-0.15, -0.1) is 0 Å². The van der Waals surface area contributed by atoms with Crippen molar-refractivity contribution in [3.05, 3.63) is 63.1 Å². The maximum atomic E-state index is 11.1. The molecule has 0 fully saturated rings. The summed E-state index contributed by atoms with van der Waals surface area (Å²) in [6.07, 6.45) is 5.28. The third-order valence-corrected chi connectivity index (χ3v) is 3.73. The number of nitrogens with one attached hydrogen (secondary N) is 2. The summed E-state index contributed by atoms with van der Waals surface area (Å²) in [7, 11) is 1.94. The highest BCUT2D eigenvalue weighted by Crippen LogP contribution is 2.21. The first-order valence-corrected chi connectivity index (χ1v) is 7.02. The van der Waals surface area contributed by atoms with Crippen LogP contribution in [0.15, 0.2) is 45.4 Å². The summed E-state index contributed by atoms with van der Waals surface area (Å²) in [4.78, 5) is 18.2. The standard InChI is InChI=1S/C13H14N4O2S/c1-17-5-4-14-12(17)11(10-3-2-6-19-10)15-7-9-8-20-13(18)16-9/h2-6,8,11,15H,7H2,1H3,(H,16,18). The fraction of sp³-hybridized carbons (Fsp3) is 0.231. The Morgan fingerprint density at radius 3 is 3.10 bits per heavy atom. The van der Waals surface area contributed by atoms with E-state index in [2.05, 4.69) is 15.3 Å². The van der Waals surface area contributed by atoms with Crippen molar-refractivity contribution in [1.82, 2.24) is 19.9 Å². The van der Waals surface area contributed by atoms with Gasteiger partial charge in [0.1, 0.15) is 17.6 Å². The van der Waals surface area contributed by atoms with E-state index < -0.39 is 0 Å². The van der Waals surface area contributed by atoms with Crippen LogP contribution in [-0.4, -0.2) is 14.5 Å². The second kappa shape index (κ2) is 5.48. The number of imidazole rings is 1. The molecule has 0 aromatic carbocycles. The molecule has 0 spiro atoms. The monoisotopic (exact) mass is 290 g/mol. The number of rotatable bonds is 5. The Kier molecular flexibility index (Phi) is 3.53. The number of aromatic nitrogens is 3. The predicted octanol–water partition coefficient (Wildman–Crippen LogP) is 1.64. The summed E-state index contributed by atoms with van der Waals surface area (Å²) >= 11 is 1.16. The molecule has 0 aliphatic rings. The third-order valence-electron chi connectivity index (χ3n) is 3.01. The third kappa shape index (κ3) is 2.59. The van der Waals surface area contributed by atoms with Crippen molar-refractivity contribution >= 4 is 11.3 Å². The number of hydrogen-bond acceptors (Lipinski definition) is 5. The van der Waals surface area contributed by atoms with Gasteiger partial charge in [0.2, 0.25) is 0 Å². The zero-order valence-electron chi connectivity index (χ0n) is 10.9. The van der Waals surface area contributed by atoms with E-state index in [1.807, 2.05) is 35.3 Å². The van der Waals surface area contributed by atoms with Crippen LogP contribution in [0.1, 0.15) is 23.3 Å². The number of thiazole rings is 1. The average molecular weight is 290 g/mol. The minimum Gasteiger partial charge on any atom is -0.467 e. The smallest absolute Gasteiger partial charge is 0.304 e. The summed E-state index contributed by atoms with van der Waals surface area (Å²) < 4.78 is 7.42. The molecule has 104 valence electrons. The Hall–Kier alpha value is -2.12. The molecular weight excluding hydrogens is 276 g/mol. The maximum Gasteiger partial charge on any atom is 0.304 e. The highest BCUT2D eigenvalue weighted by atomic mass is 32.1. The molecule has 3 rings (SSSR count). The minimum absolute atomic E-state index is 0.0478. The second-order valence-corrected chi connectivity index (χ2v) is 5.24. The van der Waals surface area contributed by atoms with E-state index in [9.17, 15) is 4.79 Å². The lowest BCUT2D eigenvalue weighted by Crippen LogP contribution is -2.24. The van der Waals surface area contributed by atoms with Crippen LogP contribution in [0.3, 0.4) is 0 Å². The van der Waals surface area contributed by atoms with Crippen molar-refractivity contribution in [2.75, 3.05) is 0 Å².